The maximum atomic E-state index is 12.9. The van der Waals surface area contributed by atoms with Crippen LogP contribution in [-0.2, 0) is 18.4 Å². The van der Waals surface area contributed by atoms with Gasteiger partial charge in [-0.1, -0.05) is 0 Å². The average molecular weight is 399 g/mol. The van der Waals surface area contributed by atoms with Crippen molar-refractivity contribution in [3.05, 3.63) is 45.8 Å². The number of piperidine rings is 1. The van der Waals surface area contributed by atoms with Gasteiger partial charge in [-0.25, -0.2) is 9.97 Å². The number of rotatable bonds is 4. The molecule has 1 saturated heterocycles. The first-order valence-corrected chi connectivity index (χ1v) is 10.1. The zero-order valence-electron chi connectivity index (χ0n) is 15.8. The SMILES string of the molecule is Cc1nc2sccc2c(=O)n1CC(=O)N1CCC[C@@H](C(=O)c2nccn2C)C1. The fraction of sp³-hybridized carbons (Fsp3) is 0.421. The van der Waals surface area contributed by atoms with Crippen LogP contribution in [0, 0.1) is 12.8 Å². The number of Topliss-reactive ketones (excluding diaryl/α,β-unsaturated/α-hetero) is 1. The van der Waals surface area contributed by atoms with Crippen LogP contribution in [0.5, 0.6) is 0 Å². The number of nitrogens with zero attached hydrogens (tertiary/aromatic N) is 5. The van der Waals surface area contributed by atoms with E-state index in [9.17, 15) is 14.4 Å². The van der Waals surface area contributed by atoms with Gasteiger partial charge in [0, 0.05) is 38.4 Å². The highest BCUT2D eigenvalue weighted by atomic mass is 32.1. The number of thiophene rings is 1. The number of hydrogen-bond donors (Lipinski definition) is 0. The number of aromatic nitrogens is 4. The minimum Gasteiger partial charge on any atom is -0.340 e. The summed E-state index contributed by atoms with van der Waals surface area (Å²) in [5.41, 5.74) is -0.199. The second-order valence-corrected chi connectivity index (χ2v) is 7.99. The van der Waals surface area contributed by atoms with Crippen molar-refractivity contribution in [1.82, 2.24) is 24.0 Å². The summed E-state index contributed by atoms with van der Waals surface area (Å²) in [6.45, 7) is 2.61. The molecule has 28 heavy (non-hydrogen) atoms. The molecule has 9 heteroatoms. The molecule has 0 saturated carbocycles. The van der Waals surface area contributed by atoms with Crippen LogP contribution in [0.15, 0.2) is 28.6 Å². The predicted molar refractivity (Wildman–Crippen MR) is 105 cm³/mol. The van der Waals surface area contributed by atoms with Crippen molar-refractivity contribution in [2.45, 2.75) is 26.3 Å². The number of carbonyl (C=O) groups is 2. The Morgan fingerprint density at radius 3 is 2.93 bits per heavy atom. The lowest BCUT2D eigenvalue weighted by molar-refractivity contribution is -0.133. The normalized spacial score (nSPS) is 17.2. The lowest BCUT2D eigenvalue weighted by atomic mass is 9.93. The van der Waals surface area contributed by atoms with E-state index in [0.29, 0.717) is 35.0 Å². The van der Waals surface area contributed by atoms with Crippen molar-refractivity contribution in [2.24, 2.45) is 13.0 Å². The summed E-state index contributed by atoms with van der Waals surface area (Å²) >= 11 is 1.41. The molecule has 4 heterocycles. The zero-order valence-corrected chi connectivity index (χ0v) is 16.6. The largest absolute Gasteiger partial charge is 0.340 e. The molecule has 0 aliphatic carbocycles. The van der Waals surface area contributed by atoms with Crippen LogP contribution < -0.4 is 5.56 Å². The first-order chi connectivity index (χ1) is 13.5. The Kier molecular flexibility index (Phi) is 4.84. The molecular formula is C19H21N5O3S. The molecule has 0 radical (unpaired) electrons. The monoisotopic (exact) mass is 399 g/mol. The summed E-state index contributed by atoms with van der Waals surface area (Å²) in [7, 11) is 1.79. The summed E-state index contributed by atoms with van der Waals surface area (Å²) < 4.78 is 3.12. The second kappa shape index (κ2) is 7.31. The van der Waals surface area contributed by atoms with Crippen molar-refractivity contribution in [3.63, 3.8) is 0 Å². The molecule has 1 aliphatic heterocycles. The fourth-order valence-corrected chi connectivity index (χ4v) is 4.48. The maximum Gasteiger partial charge on any atom is 0.262 e. The number of imidazole rings is 1. The highest BCUT2D eigenvalue weighted by Gasteiger charge is 2.31. The summed E-state index contributed by atoms with van der Waals surface area (Å²) in [6.07, 6.45) is 4.82. The lowest BCUT2D eigenvalue weighted by Crippen LogP contribution is -2.45. The Morgan fingerprint density at radius 2 is 2.18 bits per heavy atom. The number of amides is 1. The molecule has 1 aliphatic rings. The molecular weight excluding hydrogens is 378 g/mol. The smallest absolute Gasteiger partial charge is 0.262 e. The van der Waals surface area contributed by atoms with Gasteiger partial charge in [0.05, 0.1) is 5.39 Å². The van der Waals surface area contributed by atoms with Crippen LogP contribution in [0.4, 0.5) is 0 Å². The van der Waals surface area contributed by atoms with Crippen molar-refractivity contribution in [2.75, 3.05) is 13.1 Å². The Balaban J connectivity index is 1.52. The first kappa shape index (κ1) is 18.5. The van der Waals surface area contributed by atoms with Crippen LogP contribution in [-0.4, -0.2) is 48.8 Å². The van der Waals surface area contributed by atoms with E-state index in [1.807, 2.05) is 5.38 Å². The quantitative estimate of drug-likeness (QED) is 0.622. The molecule has 0 bridgehead atoms. The van der Waals surface area contributed by atoms with Gasteiger partial charge in [0.2, 0.25) is 11.7 Å². The molecule has 3 aromatic rings. The summed E-state index contributed by atoms with van der Waals surface area (Å²) in [6, 6.07) is 1.73. The van der Waals surface area contributed by atoms with Gasteiger partial charge in [-0.2, -0.15) is 0 Å². The number of ketones is 1. The molecule has 4 rings (SSSR count). The zero-order chi connectivity index (χ0) is 19.8. The van der Waals surface area contributed by atoms with Gasteiger partial charge in [-0.15, -0.1) is 11.3 Å². The topological polar surface area (TPSA) is 90.1 Å². The lowest BCUT2D eigenvalue weighted by Gasteiger charge is -2.32. The van der Waals surface area contributed by atoms with Crippen LogP contribution in [0.25, 0.3) is 10.2 Å². The van der Waals surface area contributed by atoms with Gasteiger partial charge in [-0.05, 0) is 31.2 Å². The third-order valence-electron chi connectivity index (χ3n) is 5.25. The fourth-order valence-electron chi connectivity index (χ4n) is 3.68. The number of likely N-dealkylation sites (tertiary alicyclic amines) is 1. The van der Waals surface area contributed by atoms with Gasteiger partial charge < -0.3 is 9.47 Å². The van der Waals surface area contributed by atoms with Crippen molar-refractivity contribution in [3.8, 4) is 0 Å². The van der Waals surface area contributed by atoms with E-state index >= 15 is 0 Å². The number of carbonyl (C=O) groups excluding carboxylic acids is 2. The molecule has 0 unspecified atom stereocenters. The van der Waals surface area contributed by atoms with Crippen molar-refractivity contribution < 1.29 is 9.59 Å². The molecule has 1 amide bonds. The molecule has 146 valence electrons. The first-order valence-electron chi connectivity index (χ1n) is 9.19. The Hall–Kier alpha value is -2.81. The highest BCUT2D eigenvalue weighted by molar-refractivity contribution is 7.16. The van der Waals surface area contributed by atoms with E-state index in [1.165, 1.54) is 15.9 Å². The van der Waals surface area contributed by atoms with E-state index in [-0.39, 0.29) is 29.7 Å². The molecule has 1 fully saturated rings. The summed E-state index contributed by atoms with van der Waals surface area (Å²) in [4.78, 5) is 49.2. The van der Waals surface area contributed by atoms with E-state index in [2.05, 4.69) is 9.97 Å². The Labute approximate surface area is 165 Å². The minimum absolute atomic E-state index is 0.0419. The number of aryl methyl sites for hydroxylation is 2. The third-order valence-corrected chi connectivity index (χ3v) is 6.06. The second-order valence-electron chi connectivity index (χ2n) is 7.09. The predicted octanol–water partition coefficient (Wildman–Crippen LogP) is 1.62. The van der Waals surface area contributed by atoms with Crippen LogP contribution in [0.3, 0.4) is 0 Å². The molecule has 0 spiro atoms. The molecule has 8 nitrogen and oxygen atoms in total. The molecule has 1 atom stereocenters. The number of hydrogen-bond acceptors (Lipinski definition) is 6. The minimum atomic E-state index is -0.269. The van der Waals surface area contributed by atoms with Gasteiger partial charge in [0.1, 0.15) is 17.2 Å². The van der Waals surface area contributed by atoms with E-state index in [4.69, 9.17) is 0 Å². The van der Waals surface area contributed by atoms with Gasteiger partial charge in [0.25, 0.3) is 5.56 Å². The Morgan fingerprint density at radius 1 is 1.36 bits per heavy atom. The summed E-state index contributed by atoms with van der Waals surface area (Å²) in [5, 5.41) is 2.35. The van der Waals surface area contributed by atoms with Crippen molar-refractivity contribution >= 4 is 33.2 Å². The van der Waals surface area contributed by atoms with Gasteiger partial charge >= 0.3 is 0 Å². The van der Waals surface area contributed by atoms with Gasteiger partial charge in [0.15, 0.2) is 5.82 Å². The third kappa shape index (κ3) is 3.26. The summed E-state index contributed by atoms with van der Waals surface area (Å²) in [5.74, 6) is 0.456. The van der Waals surface area contributed by atoms with Gasteiger partial charge in [-0.3, -0.25) is 19.0 Å². The van der Waals surface area contributed by atoms with Crippen molar-refractivity contribution in [1.29, 1.82) is 0 Å². The molecule has 3 aromatic heterocycles. The maximum absolute atomic E-state index is 12.9. The molecule has 0 N–H and O–H groups in total. The van der Waals surface area contributed by atoms with Crippen LogP contribution in [0.1, 0.15) is 29.3 Å². The molecule has 0 aromatic carbocycles. The van der Waals surface area contributed by atoms with Crippen LogP contribution in [0.2, 0.25) is 0 Å². The highest BCUT2D eigenvalue weighted by Crippen LogP contribution is 2.21. The number of fused-ring (bicyclic) bond motifs is 1. The van der Waals surface area contributed by atoms with Crippen LogP contribution >= 0.6 is 11.3 Å². The van der Waals surface area contributed by atoms with E-state index in [1.54, 1.807) is 41.9 Å². The Bertz CT molecular complexity index is 1110. The standard InChI is InChI=1S/C19H21N5O3S/c1-12-21-18-14(5-9-28-18)19(27)24(12)11-15(25)23-7-3-4-13(10-23)16(26)17-20-6-8-22(17)2/h5-6,8-9,13H,3-4,7,10-11H2,1-2H3/t13-/m1/s1. The van der Waals surface area contributed by atoms with E-state index < -0.39 is 0 Å². The van der Waals surface area contributed by atoms with E-state index in [0.717, 1.165) is 12.8 Å². The average Bonchev–Trinajstić information content (AvgIpc) is 3.33.